The monoisotopic (exact) mass is 328 g/mol. The van der Waals surface area contributed by atoms with Crippen molar-refractivity contribution < 1.29 is 23.6 Å². The van der Waals surface area contributed by atoms with Crippen molar-refractivity contribution >= 4 is 22.8 Å². The fourth-order valence-electron chi connectivity index (χ4n) is 2.05. The van der Waals surface area contributed by atoms with Gasteiger partial charge in [0.2, 0.25) is 5.89 Å². The Bertz CT molecular complexity index is 901. The van der Waals surface area contributed by atoms with Crippen LogP contribution in [-0.4, -0.2) is 29.6 Å². The summed E-state index contributed by atoms with van der Waals surface area (Å²) in [4.78, 5) is 25.6. The number of carbonyl (C=O) groups is 1. The summed E-state index contributed by atoms with van der Waals surface area (Å²) in [7, 11) is 1.28. The lowest BCUT2D eigenvalue weighted by molar-refractivity contribution is -0.384. The first-order valence-corrected chi connectivity index (χ1v) is 6.92. The van der Waals surface area contributed by atoms with Gasteiger partial charge in [-0.05, 0) is 30.3 Å². The van der Waals surface area contributed by atoms with Crippen molar-refractivity contribution in [1.29, 1.82) is 0 Å². The Hall–Kier alpha value is -3.42. The van der Waals surface area contributed by atoms with E-state index in [1.807, 2.05) is 0 Å². The predicted molar refractivity (Wildman–Crippen MR) is 83.6 cm³/mol. The van der Waals surface area contributed by atoms with Crippen LogP contribution >= 0.6 is 0 Å². The first-order valence-electron chi connectivity index (χ1n) is 6.92. The standard InChI is InChI=1S/C16H12N2O6/c1-22-15(19)9-23-12-5-2-10(3-6-12)16-17-13-7-4-11(18(20)21)8-14(13)24-16/h2-8H,9H2,1H3. The number of rotatable bonds is 5. The highest BCUT2D eigenvalue weighted by Gasteiger charge is 2.13. The topological polar surface area (TPSA) is 105 Å². The van der Waals surface area contributed by atoms with Gasteiger partial charge in [-0.2, -0.15) is 0 Å². The van der Waals surface area contributed by atoms with Gasteiger partial charge in [0.05, 0.1) is 18.1 Å². The molecule has 8 nitrogen and oxygen atoms in total. The molecule has 3 aromatic rings. The zero-order valence-corrected chi connectivity index (χ0v) is 12.6. The van der Waals surface area contributed by atoms with Crippen LogP contribution in [0.4, 0.5) is 5.69 Å². The lowest BCUT2D eigenvalue weighted by atomic mass is 10.2. The number of methoxy groups -OCH3 is 1. The molecule has 24 heavy (non-hydrogen) atoms. The molecule has 1 heterocycles. The third kappa shape index (κ3) is 3.17. The number of esters is 1. The first-order chi connectivity index (χ1) is 11.6. The average molecular weight is 328 g/mol. The van der Waals surface area contributed by atoms with Crippen LogP contribution in [0.5, 0.6) is 5.75 Å². The molecule has 0 aliphatic rings. The summed E-state index contributed by atoms with van der Waals surface area (Å²) in [6.45, 7) is -0.178. The van der Waals surface area contributed by atoms with Gasteiger partial charge in [0.1, 0.15) is 11.3 Å². The van der Waals surface area contributed by atoms with Gasteiger partial charge < -0.3 is 13.9 Å². The smallest absolute Gasteiger partial charge is 0.343 e. The minimum atomic E-state index is -0.491. The minimum Gasteiger partial charge on any atom is -0.482 e. The number of nitrogens with zero attached hydrogens (tertiary/aromatic N) is 2. The van der Waals surface area contributed by atoms with E-state index in [1.165, 1.54) is 25.3 Å². The molecule has 1 aromatic heterocycles. The molecule has 0 amide bonds. The highest BCUT2D eigenvalue weighted by Crippen LogP contribution is 2.28. The Balaban J connectivity index is 1.82. The molecule has 122 valence electrons. The number of non-ortho nitro benzene ring substituents is 1. The molecule has 2 aromatic carbocycles. The zero-order valence-electron chi connectivity index (χ0n) is 12.6. The van der Waals surface area contributed by atoms with Gasteiger partial charge in [0, 0.05) is 11.6 Å². The minimum absolute atomic E-state index is 0.0586. The Labute approximate surface area is 135 Å². The van der Waals surface area contributed by atoms with E-state index in [4.69, 9.17) is 9.15 Å². The quantitative estimate of drug-likeness (QED) is 0.403. The largest absolute Gasteiger partial charge is 0.482 e. The van der Waals surface area contributed by atoms with E-state index >= 15 is 0 Å². The van der Waals surface area contributed by atoms with E-state index in [0.717, 1.165) is 0 Å². The van der Waals surface area contributed by atoms with Crippen LogP contribution in [0.3, 0.4) is 0 Å². The molecular formula is C16H12N2O6. The van der Waals surface area contributed by atoms with Crippen molar-refractivity contribution in [1.82, 2.24) is 4.98 Å². The SMILES string of the molecule is COC(=O)COc1ccc(-c2nc3ccc([N+](=O)[O-])cc3o2)cc1. The van der Waals surface area contributed by atoms with Crippen molar-refractivity contribution in [3.8, 4) is 17.2 Å². The number of fused-ring (bicyclic) bond motifs is 1. The molecule has 0 aliphatic heterocycles. The molecule has 0 radical (unpaired) electrons. The summed E-state index contributed by atoms with van der Waals surface area (Å²) in [5.74, 6) is 0.362. The second-order valence-electron chi connectivity index (χ2n) is 4.82. The summed E-state index contributed by atoms with van der Waals surface area (Å²) in [6, 6.07) is 11.0. The maximum Gasteiger partial charge on any atom is 0.343 e. The summed E-state index contributed by atoms with van der Waals surface area (Å²) >= 11 is 0. The van der Waals surface area contributed by atoms with Crippen LogP contribution in [0.1, 0.15) is 0 Å². The van der Waals surface area contributed by atoms with Gasteiger partial charge >= 0.3 is 5.97 Å². The number of hydrogen-bond acceptors (Lipinski definition) is 7. The second-order valence-corrected chi connectivity index (χ2v) is 4.82. The number of carbonyl (C=O) groups excluding carboxylic acids is 1. The number of oxazole rings is 1. The predicted octanol–water partition coefficient (Wildman–Crippen LogP) is 2.95. The van der Waals surface area contributed by atoms with Crippen molar-refractivity contribution in [3.63, 3.8) is 0 Å². The van der Waals surface area contributed by atoms with Gasteiger partial charge in [0.15, 0.2) is 12.2 Å². The summed E-state index contributed by atoms with van der Waals surface area (Å²) < 4.78 is 15.3. The number of nitro benzene ring substituents is 1. The molecule has 0 saturated heterocycles. The van der Waals surface area contributed by atoms with Gasteiger partial charge in [-0.25, -0.2) is 9.78 Å². The van der Waals surface area contributed by atoms with Gasteiger partial charge in [0.25, 0.3) is 5.69 Å². The number of nitro groups is 1. The third-order valence-electron chi connectivity index (χ3n) is 3.27. The van der Waals surface area contributed by atoms with Gasteiger partial charge in [-0.3, -0.25) is 10.1 Å². The molecule has 0 spiro atoms. The Morgan fingerprint density at radius 3 is 2.67 bits per heavy atom. The zero-order chi connectivity index (χ0) is 17.1. The van der Waals surface area contributed by atoms with Crippen LogP contribution in [0.2, 0.25) is 0 Å². The fraction of sp³-hybridized carbons (Fsp3) is 0.125. The first kappa shape index (κ1) is 15.5. The summed E-state index contributed by atoms with van der Waals surface area (Å²) in [6.07, 6.45) is 0. The van der Waals surface area contributed by atoms with Crippen molar-refractivity contribution in [3.05, 3.63) is 52.6 Å². The van der Waals surface area contributed by atoms with E-state index in [9.17, 15) is 14.9 Å². The molecule has 0 fully saturated rings. The summed E-state index contributed by atoms with van der Waals surface area (Å²) in [5, 5.41) is 10.8. The lowest BCUT2D eigenvalue weighted by Crippen LogP contribution is -2.12. The molecule has 0 aliphatic carbocycles. The molecule has 0 unspecified atom stereocenters. The van der Waals surface area contributed by atoms with E-state index in [-0.39, 0.29) is 12.3 Å². The summed E-state index contributed by atoms with van der Waals surface area (Å²) in [5.41, 5.74) is 1.49. The van der Waals surface area contributed by atoms with Gasteiger partial charge in [-0.1, -0.05) is 0 Å². The van der Waals surface area contributed by atoms with Crippen molar-refractivity contribution in [2.75, 3.05) is 13.7 Å². The maximum atomic E-state index is 11.0. The Kier molecular flexibility index (Phi) is 4.11. The highest BCUT2D eigenvalue weighted by molar-refractivity contribution is 5.78. The number of aromatic nitrogens is 1. The van der Waals surface area contributed by atoms with Crippen LogP contribution in [0.25, 0.3) is 22.6 Å². The van der Waals surface area contributed by atoms with Crippen LogP contribution in [0, 0.1) is 10.1 Å². The van der Waals surface area contributed by atoms with E-state index in [1.54, 1.807) is 24.3 Å². The van der Waals surface area contributed by atoms with E-state index < -0.39 is 10.9 Å². The molecule has 8 heteroatoms. The third-order valence-corrected chi connectivity index (χ3v) is 3.27. The molecular weight excluding hydrogens is 316 g/mol. The lowest BCUT2D eigenvalue weighted by Gasteiger charge is -2.04. The molecule has 0 saturated carbocycles. The highest BCUT2D eigenvalue weighted by atomic mass is 16.6. The van der Waals surface area contributed by atoms with Crippen molar-refractivity contribution in [2.24, 2.45) is 0 Å². The number of benzene rings is 2. The molecule has 0 bridgehead atoms. The molecule has 0 N–H and O–H groups in total. The van der Waals surface area contributed by atoms with Crippen LogP contribution < -0.4 is 4.74 Å². The Morgan fingerprint density at radius 2 is 2.00 bits per heavy atom. The second kappa shape index (κ2) is 6.37. The molecule has 0 atom stereocenters. The number of ether oxygens (including phenoxy) is 2. The van der Waals surface area contributed by atoms with Crippen LogP contribution in [-0.2, 0) is 9.53 Å². The van der Waals surface area contributed by atoms with Crippen LogP contribution in [0.15, 0.2) is 46.9 Å². The van der Waals surface area contributed by atoms with Gasteiger partial charge in [-0.15, -0.1) is 0 Å². The number of hydrogen-bond donors (Lipinski definition) is 0. The average Bonchev–Trinajstić information content (AvgIpc) is 3.03. The normalized spacial score (nSPS) is 10.5. The Morgan fingerprint density at radius 1 is 1.25 bits per heavy atom. The van der Waals surface area contributed by atoms with Crippen molar-refractivity contribution in [2.45, 2.75) is 0 Å². The fourth-order valence-corrected chi connectivity index (χ4v) is 2.05. The molecule has 3 rings (SSSR count). The maximum absolute atomic E-state index is 11.0. The van der Waals surface area contributed by atoms with E-state index in [0.29, 0.717) is 28.3 Å². The van der Waals surface area contributed by atoms with E-state index in [2.05, 4.69) is 9.72 Å².